The van der Waals surface area contributed by atoms with Crippen molar-refractivity contribution < 1.29 is 8.83 Å². The van der Waals surface area contributed by atoms with Crippen molar-refractivity contribution >= 4 is 71.7 Å². The molecule has 0 saturated heterocycles. The van der Waals surface area contributed by atoms with Crippen LogP contribution in [0.3, 0.4) is 0 Å². The van der Waals surface area contributed by atoms with Crippen molar-refractivity contribution in [3.63, 3.8) is 0 Å². The van der Waals surface area contributed by atoms with E-state index in [1.807, 2.05) is 24.3 Å². The zero-order valence-electron chi connectivity index (χ0n) is 26.5. The van der Waals surface area contributed by atoms with E-state index in [4.69, 9.17) is 8.83 Å². The Bertz CT molecular complexity index is 2830. The first kappa shape index (κ1) is 27.5. The van der Waals surface area contributed by atoms with E-state index in [0.717, 1.165) is 72.1 Å². The number of furan rings is 2. The van der Waals surface area contributed by atoms with Gasteiger partial charge in [0.25, 0.3) is 0 Å². The number of nitrogens with zero attached hydrogens (tertiary/aromatic N) is 1. The highest BCUT2D eigenvalue weighted by molar-refractivity contribution is 6.19. The number of anilines is 3. The zero-order valence-corrected chi connectivity index (χ0v) is 26.5. The van der Waals surface area contributed by atoms with Gasteiger partial charge >= 0.3 is 0 Å². The molecule has 10 rings (SSSR count). The highest BCUT2D eigenvalue weighted by Crippen LogP contribution is 2.49. The first-order valence-electron chi connectivity index (χ1n) is 16.6. The van der Waals surface area contributed by atoms with Crippen molar-refractivity contribution in [3.05, 3.63) is 176 Å². The van der Waals surface area contributed by atoms with E-state index in [-0.39, 0.29) is 0 Å². The summed E-state index contributed by atoms with van der Waals surface area (Å²) in [5, 5.41) is 6.78. The predicted molar refractivity (Wildman–Crippen MR) is 204 cm³/mol. The molecular formula is C46H29NO2. The Morgan fingerprint density at radius 3 is 1.82 bits per heavy atom. The molecule has 3 nitrogen and oxygen atoms in total. The minimum atomic E-state index is 0.852. The van der Waals surface area contributed by atoms with Crippen LogP contribution in [0, 0.1) is 0 Å². The lowest BCUT2D eigenvalue weighted by atomic mass is 9.98. The monoisotopic (exact) mass is 627 g/mol. The summed E-state index contributed by atoms with van der Waals surface area (Å²) in [4.78, 5) is 2.37. The van der Waals surface area contributed by atoms with Gasteiger partial charge in [-0.25, -0.2) is 0 Å². The van der Waals surface area contributed by atoms with E-state index in [2.05, 4.69) is 157 Å². The van der Waals surface area contributed by atoms with Gasteiger partial charge in [0.05, 0.1) is 22.1 Å². The fourth-order valence-electron chi connectivity index (χ4n) is 7.36. The molecule has 230 valence electrons. The summed E-state index contributed by atoms with van der Waals surface area (Å²) in [7, 11) is 0. The Morgan fingerprint density at radius 2 is 1.00 bits per heavy atom. The van der Waals surface area contributed by atoms with Crippen LogP contribution in [0.15, 0.2) is 185 Å². The van der Waals surface area contributed by atoms with Crippen LogP contribution in [0.25, 0.3) is 76.9 Å². The van der Waals surface area contributed by atoms with Crippen LogP contribution in [0.5, 0.6) is 0 Å². The van der Waals surface area contributed by atoms with Crippen LogP contribution >= 0.6 is 0 Å². The normalized spacial score (nSPS) is 11.7. The van der Waals surface area contributed by atoms with E-state index in [9.17, 15) is 0 Å². The Kier molecular flexibility index (Phi) is 6.18. The molecule has 8 aromatic carbocycles. The topological polar surface area (TPSA) is 29.5 Å². The van der Waals surface area contributed by atoms with Gasteiger partial charge in [-0.3, -0.25) is 0 Å². The van der Waals surface area contributed by atoms with Crippen molar-refractivity contribution in [2.75, 3.05) is 4.90 Å². The summed E-state index contributed by atoms with van der Waals surface area (Å²) in [6, 6.07) is 62.0. The highest BCUT2D eigenvalue weighted by Gasteiger charge is 2.24. The first-order valence-corrected chi connectivity index (χ1v) is 16.6. The van der Waals surface area contributed by atoms with Gasteiger partial charge in [-0.15, -0.1) is 0 Å². The van der Waals surface area contributed by atoms with E-state index in [0.29, 0.717) is 0 Å². The molecule has 0 atom stereocenters. The molecule has 0 aliphatic rings. The fraction of sp³-hybridized carbons (Fsp3) is 0. The Hall–Kier alpha value is -6.58. The molecule has 2 aromatic heterocycles. The van der Waals surface area contributed by atoms with Crippen LogP contribution in [0.1, 0.15) is 0 Å². The lowest BCUT2D eigenvalue weighted by Gasteiger charge is -2.27. The summed E-state index contributed by atoms with van der Waals surface area (Å²) < 4.78 is 13.1. The van der Waals surface area contributed by atoms with Gasteiger partial charge in [-0.1, -0.05) is 121 Å². The van der Waals surface area contributed by atoms with Crippen LogP contribution in [0.4, 0.5) is 17.1 Å². The highest BCUT2D eigenvalue weighted by atomic mass is 16.3. The summed E-state index contributed by atoms with van der Waals surface area (Å²) in [6.07, 6.45) is 0. The third kappa shape index (κ3) is 4.44. The zero-order chi connectivity index (χ0) is 32.3. The van der Waals surface area contributed by atoms with Crippen LogP contribution in [0.2, 0.25) is 0 Å². The third-order valence-corrected chi connectivity index (χ3v) is 9.66. The second-order valence-electron chi connectivity index (χ2n) is 12.5. The maximum Gasteiger partial charge on any atom is 0.145 e. The van der Waals surface area contributed by atoms with E-state index >= 15 is 0 Å². The van der Waals surface area contributed by atoms with Gasteiger partial charge in [0.2, 0.25) is 0 Å². The van der Waals surface area contributed by atoms with Gasteiger partial charge in [-0.05, 0) is 82.1 Å². The number of hydrogen-bond donors (Lipinski definition) is 0. The van der Waals surface area contributed by atoms with Crippen LogP contribution in [-0.2, 0) is 0 Å². The molecule has 0 bridgehead atoms. The Labute approximate surface area is 282 Å². The minimum Gasteiger partial charge on any atom is -0.456 e. The SMILES string of the molecule is c1ccc(-c2ccc(N(c3ccc(-c4ccc5ccccc5c4)cc3)c3cccc4oc5ccccc5c34)c3c2oc2ccccc23)cc1. The van der Waals surface area contributed by atoms with Gasteiger partial charge in [0, 0.05) is 22.0 Å². The van der Waals surface area contributed by atoms with Gasteiger partial charge in [0.1, 0.15) is 22.3 Å². The molecular weight excluding hydrogens is 599 g/mol. The second-order valence-corrected chi connectivity index (χ2v) is 12.5. The van der Waals surface area contributed by atoms with Crippen molar-refractivity contribution in [1.29, 1.82) is 0 Å². The molecule has 0 fully saturated rings. The summed E-state index contributed by atoms with van der Waals surface area (Å²) >= 11 is 0. The maximum absolute atomic E-state index is 6.71. The number of rotatable bonds is 5. The second kappa shape index (κ2) is 11.0. The quantitative estimate of drug-likeness (QED) is 0.190. The van der Waals surface area contributed by atoms with E-state index in [1.165, 1.54) is 21.9 Å². The predicted octanol–water partition coefficient (Wildman–Crippen LogP) is 13.4. The average molecular weight is 628 g/mol. The van der Waals surface area contributed by atoms with Crippen molar-refractivity contribution in [2.24, 2.45) is 0 Å². The summed E-state index contributed by atoms with van der Waals surface area (Å²) in [5.74, 6) is 0. The number of para-hydroxylation sites is 2. The molecule has 0 aliphatic heterocycles. The van der Waals surface area contributed by atoms with Crippen LogP contribution < -0.4 is 4.90 Å². The molecule has 10 aromatic rings. The molecule has 2 heterocycles. The largest absolute Gasteiger partial charge is 0.456 e. The Balaban J connectivity index is 1.24. The van der Waals surface area contributed by atoms with Crippen molar-refractivity contribution in [3.8, 4) is 22.3 Å². The smallest absolute Gasteiger partial charge is 0.145 e. The number of hydrogen-bond acceptors (Lipinski definition) is 3. The van der Waals surface area contributed by atoms with Gasteiger partial charge in [-0.2, -0.15) is 0 Å². The molecule has 3 heteroatoms. The first-order chi connectivity index (χ1) is 24.3. The fourth-order valence-corrected chi connectivity index (χ4v) is 7.36. The third-order valence-electron chi connectivity index (χ3n) is 9.66. The Morgan fingerprint density at radius 1 is 0.367 bits per heavy atom. The number of benzene rings is 8. The van der Waals surface area contributed by atoms with Gasteiger partial charge in [0.15, 0.2) is 0 Å². The van der Waals surface area contributed by atoms with E-state index in [1.54, 1.807) is 0 Å². The number of fused-ring (bicyclic) bond motifs is 7. The lowest BCUT2D eigenvalue weighted by Crippen LogP contribution is -2.11. The van der Waals surface area contributed by atoms with Gasteiger partial charge < -0.3 is 13.7 Å². The molecule has 0 spiro atoms. The van der Waals surface area contributed by atoms with E-state index < -0.39 is 0 Å². The molecule has 0 aliphatic carbocycles. The molecule has 0 saturated carbocycles. The average Bonchev–Trinajstić information content (AvgIpc) is 3.75. The standard InChI is InChI=1S/C46H29NO2/c1-2-12-32(13-3-1)36-27-28-40(45-38-16-7-9-19-42(38)49-46(36)45)47(39-17-10-20-43-44(39)37-15-6-8-18-41(37)48-43)35-25-23-31(24-26-35)34-22-21-30-11-4-5-14-33(30)29-34/h1-29H. The molecule has 0 N–H and O–H groups in total. The van der Waals surface area contributed by atoms with Crippen molar-refractivity contribution in [2.45, 2.75) is 0 Å². The lowest BCUT2D eigenvalue weighted by molar-refractivity contribution is 0.669. The maximum atomic E-state index is 6.71. The molecule has 49 heavy (non-hydrogen) atoms. The summed E-state index contributed by atoms with van der Waals surface area (Å²) in [5.41, 5.74) is 11.1. The van der Waals surface area contributed by atoms with Crippen LogP contribution in [-0.4, -0.2) is 0 Å². The minimum absolute atomic E-state index is 0.852. The molecule has 0 amide bonds. The molecule has 0 radical (unpaired) electrons. The molecule has 0 unspecified atom stereocenters. The van der Waals surface area contributed by atoms with Crippen molar-refractivity contribution in [1.82, 2.24) is 0 Å². The summed E-state index contributed by atoms with van der Waals surface area (Å²) in [6.45, 7) is 0.